The van der Waals surface area contributed by atoms with Crippen LogP contribution in [0.5, 0.6) is 5.75 Å². The maximum atomic E-state index is 12.2. The van der Waals surface area contributed by atoms with Crippen molar-refractivity contribution in [3.05, 3.63) is 39.4 Å². The molecule has 1 unspecified atom stereocenters. The van der Waals surface area contributed by atoms with Crippen molar-refractivity contribution >= 4 is 11.8 Å². The highest BCUT2D eigenvalue weighted by Crippen LogP contribution is 2.27. The summed E-state index contributed by atoms with van der Waals surface area (Å²) in [5.41, 5.74) is 0.496. The number of benzene rings is 1. The predicted molar refractivity (Wildman–Crippen MR) is 94.7 cm³/mol. The molecule has 0 saturated carbocycles. The van der Waals surface area contributed by atoms with Crippen LogP contribution in [0.15, 0.2) is 18.2 Å². The van der Waals surface area contributed by atoms with Gasteiger partial charge in [0.25, 0.3) is 16.9 Å². The SMILES string of the molecule is CCNCC.CCOc1ccc2c(c1)C(=O)N(CC(C)O[N+](=O)[O-])C2=O. The molecule has 9 heteroatoms. The second-order valence-electron chi connectivity index (χ2n) is 5.46. The summed E-state index contributed by atoms with van der Waals surface area (Å²) in [5, 5.41) is 12.4. The molecule has 2 amide bonds. The van der Waals surface area contributed by atoms with Crippen LogP contribution >= 0.6 is 0 Å². The summed E-state index contributed by atoms with van der Waals surface area (Å²) >= 11 is 0. The fourth-order valence-corrected chi connectivity index (χ4v) is 2.38. The Hall–Kier alpha value is -2.68. The van der Waals surface area contributed by atoms with Crippen molar-refractivity contribution in [2.24, 2.45) is 0 Å². The molecule has 9 nitrogen and oxygen atoms in total. The van der Waals surface area contributed by atoms with Crippen molar-refractivity contribution in [3.8, 4) is 5.75 Å². The van der Waals surface area contributed by atoms with Crippen molar-refractivity contribution < 1.29 is 24.3 Å². The molecule has 1 aliphatic heterocycles. The molecule has 2 rings (SSSR count). The normalized spacial score (nSPS) is 13.6. The van der Waals surface area contributed by atoms with Crippen molar-refractivity contribution in [2.75, 3.05) is 26.2 Å². The summed E-state index contributed by atoms with van der Waals surface area (Å²) in [6.07, 6.45) is -0.895. The van der Waals surface area contributed by atoms with E-state index >= 15 is 0 Å². The van der Waals surface area contributed by atoms with Crippen LogP contribution in [0.2, 0.25) is 0 Å². The minimum Gasteiger partial charge on any atom is -0.494 e. The van der Waals surface area contributed by atoms with Gasteiger partial charge < -0.3 is 14.9 Å². The zero-order chi connectivity index (χ0) is 19.7. The Labute approximate surface area is 152 Å². The molecule has 0 bridgehead atoms. The first-order chi connectivity index (χ1) is 12.3. The molecular weight excluding hydrogens is 342 g/mol. The molecule has 1 heterocycles. The van der Waals surface area contributed by atoms with Crippen molar-refractivity contribution in [1.29, 1.82) is 0 Å². The first-order valence-corrected chi connectivity index (χ1v) is 8.50. The first kappa shape index (κ1) is 21.4. The maximum Gasteiger partial charge on any atom is 0.294 e. The number of hydrogen-bond acceptors (Lipinski definition) is 7. The molecule has 1 aromatic rings. The van der Waals surface area contributed by atoms with Gasteiger partial charge in [0.2, 0.25) is 0 Å². The van der Waals surface area contributed by atoms with E-state index < -0.39 is 23.0 Å². The molecule has 0 spiro atoms. The summed E-state index contributed by atoms with van der Waals surface area (Å²) in [7, 11) is 0. The topological polar surface area (TPSA) is 111 Å². The van der Waals surface area contributed by atoms with E-state index in [1.54, 1.807) is 6.07 Å². The number of fused-ring (bicyclic) bond motifs is 1. The van der Waals surface area contributed by atoms with Gasteiger partial charge in [-0.25, -0.2) is 0 Å². The van der Waals surface area contributed by atoms with Crippen LogP contribution in [0.3, 0.4) is 0 Å². The number of imide groups is 1. The minimum absolute atomic E-state index is 0.183. The number of nitrogens with zero attached hydrogens (tertiary/aromatic N) is 2. The number of nitrogens with one attached hydrogen (secondary N) is 1. The summed E-state index contributed by atoms with van der Waals surface area (Å²) in [4.78, 5) is 39.9. The Morgan fingerprint density at radius 1 is 1.15 bits per heavy atom. The third kappa shape index (κ3) is 5.69. The standard InChI is InChI=1S/C13H14N2O6.C4H11N/c1-3-20-9-4-5-10-11(6-9)13(17)14(12(10)16)7-8(2)21-15(18)19;1-3-5-4-2/h4-6,8H,3,7H2,1-2H3;5H,3-4H2,1-2H3. The molecule has 0 fully saturated rings. The molecule has 0 saturated heterocycles. The van der Waals surface area contributed by atoms with E-state index in [1.807, 2.05) is 6.92 Å². The molecule has 0 aliphatic carbocycles. The monoisotopic (exact) mass is 367 g/mol. The van der Waals surface area contributed by atoms with E-state index in [9.17, 15) is 19.7 Å². The highest BCUT2D eigenvalue weighted by atomic mass is 17.0. The van der Waals surface area contributed by atoms with Gasteiger partial charge in [-0.2, -0.15) is 0 Å². The van der Waals surface area contributed by atoms with Crippen molar-refractivity contribution in [2.45, 2.75) is 33.8 Å². The van der Waals surface area contributed by atoms with Crippen LogP contribution in [-0.4, -0.2) is 54.1 Å². The maximum absolute atomic E-state index is 12.2. The average Bonchev–Trinajstić information content (AvgIpc) is 2.80. The number of ether oxygens (including phenoxy) is 1. The second kappa shape index (κ2) is 10.3. The fourth-order valence-electron chi connectivity index (χ4n) is 2.38. The predicted octanol–water partition coefficient (Wildman–Crippen LogP) is 1.89. The fraction of sp³-hybridized carbons (Fsp3) is 0.529. The van der Waals surface area contributed by atoms with Gasteiger partial charge in [-0.15, -0.1) is 10.1 Å². The molecule has 0 radical (unpaired) electrons. The van der Waals surface area contributed by atoms with Gasteiger partial charge in [0, 0.05) is 0 Å². The number of carbonyl (C=O) groups excluding carboxylic acids is 2. The summed E-state index contributed by atoms with van der Waals surface area (Å²) < 4.78 is 5.29. The summed E-state index contributed by atoms with van der Waals surface area (Å²) in [6.45, 7) is 9.87. The Morgan fingerprint density at radius 2 is 1.77 bits per heavy atom. The number of amides is 2. The number of carbonyl (C=O) groups is 2. The van der Waals surface area contributed by atoms with Gasteiger partial charge in [0.15, 0.2) is 0 Å². The highest BCUT2D eigenvalue weighted by Gasteiger charge is 2.36. The van der Waals surface area contributed by atoms with Crippen LogP contribution in [-0.2, 0) is 4.84 Å². The van der Waals surface area contributed by atoms with E-state index in [1.165, 1.54) is 19.1 Å². The number of rotatable bonds is 8. The van der Waals surface area contributed by atoms with Gasteiger partial charge in [-0.1, -0.05) is 13.8 Å². The Morgan fingerprint density at radius 3 is 2.27 bits per heavy atom. The van der Waals surface area contributed by atoms with E-state index in [4.69, 9.17) is 4.74 Å². The van der Waals surface area contributed by atoms with Crippen LogP contribution in [0.1, 0.15) is 48.4 Å². The Balaban J connectivity index is 0.000000597. The Kier molecular flexibility index (Phi) is 8.50. The van der Waals surface area contributed by atoms with E-state index in [0.717, 1.165) is 18.0 Å². The zero-order valence-electron chi connectivity index (χ0n) is 15.5. The van der Waals surface area contributed by atoms with E-state index in [-0.39, 0.29) is 17.7 Å². The van der Waals surface area contributed by atoms with Crippen LogP contribution in [0, 0.1) is 10.1 Å². The van der Waals surface area contributed by atoms with Crippen molar-refractivity contribution in [3.63, 3.8) is 0 Å². The van der Waals surface area contributed by atoms with Gasteiger partial charge in [-0.3, -0.25) is 14.5 Å². The smallest absolute Gasteiger partial charge is 0.294 e. The molecule has 1 atom stereocenters. The van der Waals surface area contributed by atoms with Crippen LogP contribution in [0.4, 0.5) is 0 Å². The first-order valence-electron chi connectivity index (χ1n) is 8.50. The largest absolute Gasteiger partial charge is 0.494 e. The van der Waals surface area contributed by atoms with Gasteiger partial charge in [0.05, 0.1) is 24.3 Å². The lowest BCUT2D eigenvalue weighted by Crippen LogP contribution is -2.37. The van der Waals surface area contributed by atoms with E-state index in [2.05, 4.69) is 24.0 Å². The molecule has 144 valence electrons. The Bertz CT molecular complexity index is 647. The highest BCUT2D eigenvalue weighted by molar-refractivity contribution is 6.21. The molecule has 1 aliphatic rings. The quantitative estimate of drug-likeness (QED) is 0.424. The lowest BCUT2D eigenvalue weighted by Gasteiger charge is -2.17. The number of hydrogen-bond donors (Lipinski definition) is 1. The average molecular weight is 367 g/mol. The second-order valence-corrected chi connectivity index (χ2v) is 5.46. The molecule has 1 aromatic carbocycles. The van der Waals surface area contributed by atoms with Crippen molar-refractivity contribution in [1.82, 2.24) is 10.2 Å². The lowest BCUT2D eigenvalue weighted by atomic mass is 10.1. The molecular formula is C17H25N3O6. The van der Waals surface area contributed by atoms with Gasteiger partial charge >= 0.3 is 0 Å². The van der Waals surface area contributed by atoms with Crippen LogP contribution < -0.4 is 10.1 Å². The third-order valence-corrected chi connectivity index (χ3v) is 3.46. The molecule has 0 aromatic heterocycles. The minimum atomic E-state index is -0.948. The summed E-state index contributed by atoms with van der Waals surface area (Å²) in [5.74, 6) is -0.499. The van der Waals surface area contributed by atoms with E-state index in [0.29, 0.717) is 12.4 Å². The third-order valence-electron chi connectivity index (χ3n) is 3.46. The van der Waals surface area contributed by atoms with Gasteiger partial charge in [-0.05, 0) is 45.1 Å². The molecule has 1 N–H and O–H groups in total. The lowest BCUT2D eigenvalue weighted by molar-refractivity contribution is -0.767. The van der Waals surface area contributed by atoms with Crippen LogP contribution in [0.25, 0.3) is 0 Å². The molecule has 26 heavy (non-hydrogen) atoms. The summed E-state index contributed by atoms with van der Waals surface area (Å²) in [6, 6.07) is 4.62. The van der Waals surface area contributed by atoms with Gasteiger partial charge in [0.1, 0.15) is 11.9 Å². The zero-order valence-corrected chi connectivity index (χ0v) is 15.5.